The fourth-order valence-corrected chi connectivity index (χ4v) is 1.65. The molecule has 0 radical (unpaired) electrons. The van der Waals surface area contributed by atoms with E-state index in [-0.39, 0.29) is 5.56 Å². The molecule has 108 valence electrons. The molecule has 1 aromatic rings. The number of hydrogen-bond donors (Lipinski definition) is 3. The van der Waals surface area contributed by atoms with Crippen molar-refractivity contribution in [2.24, 2.45) is 5.73 Å². The van der Waals surface area contributed by atoms with Gasteiger partial charge in [0.15, 0.2) is 0 Å². The number of benzene rings is 1. The van der Waals surface area contributed by atoms with Crippen LogP contribution in [-0.4, -0.2) is 22.2 Å². The zero-order valence-electron chi connectivity index (χ0n) is 10.1. The number of carbonyl (C=O) groups is 1. The van der Waals surface area contributed by atoms with Crippen molar-refractivity contribution in [1.29, 1.82) is 5.26 Å². The predicted molar refractivity (Wildman–Crippen MR) is 60.9 cm³/mol. The van der Waals surface area contributed by atoms with E-state index in [0.29, 0.717) is 6.07 Å². The van der Waals surface area contributed by atoms with Gasteiger partial charge in [-0.3, -0.25) is 4.79 Å². The summed E-state index contributed by atoms with van der Waals surface area (Å²) in [4.78, 5) is 10.6. The summed E-state index contributed by atoms with van der Waals surface area (Å²) in [5.74, 6) is -0.959. The third-order valence-corrected chi connectivity index (χ3v) is 2.58. The highest BCUT2D eigenvalue weighted by atomic mass is 19.4. The second-order valence-corrected chi connectivity index (χ2v) is 4.09. The van der Waals surface area contributed by atoms with Gasteiger partial charge in [0.1, 0.15) is 6.10 Å². The van der Waals surface area contributed by atoms with Gasteiger partial charge in [-0.1, -0.05) is 6.07 Å². The Hall–Kier alpha value is -2.11. The van der Waals surface area contributed by atoms with Crippen molar-refractivity contribution < 1.29 is 28.2 Å². The molecule has 0 aliphatic carbocycles. The van der Waals surface area contributed by atoms with E-state index in [4.69, 9.17) is 11.0 Å². The van der Waals surface area contributed by atoms with Crippen molar-refractivity contribution in [3.05, 3.63) is 34.9 Å². The van der Waals surface area contributed by atoms with Crippen LogP contribution in [-0.2, 0) is 11.0 Å². The van der Waals surface area contributed by atoms with Gasteiger partial charge in [-0.15, -0.1) is 0 Å². The normalized spacial score (nSPS) is 14.4. The monoisotopic (exact) mass is 288 g/mol. The molecule has 0 fully saturated rings. The fraction of sp³-hybridized carbons (Fsp3) is 0.333. The molecule has 1 rings (SSSR count). The molecule has 0 heterocycles. The second kappa shape index (κ2) is 5.90. The minimum Gasteiger partial charge on any atom is -0.390 e. The number of rotatable bonds is 4. The molecule has 8 heteroatoms. The number of nitrogens with two attached hydrogens (primary N) is 1. The number of halogens is 3. The minimum absolute atomic E-state index is 0.238. The average molecular weight is 288 g/mol. The summed E-state index contributed by atoms with van der Waals surface area (Å²) in [6.45, 7) is 0. The minimum atomic E-state index is -4.81. The molecule has 0 saturated heterocycles. The average Bonchev–Trinajstić information content (AvgIpc) is 2.35. The lowest BCUT2D eigenvalue weighted by Crippen LogP contribution is -2.27. The molecule has 20 heavy (non-hydrogen) atoms. The number of primary amides is 1. The van der Waals surface area contributed by atoms with E-state index in [1.54, 1.807) is 6.07 Å². The molecule has 2 unspecified atom stereocenters. The van der Waals surface area contributed by atoms with Gasteiger partial charge in [0.25, 0.3) is 0 Å². The molecule has 2 atom stereocenters. The molecule has 0 aromatic heterocycles. The number of aliphatic hydroxyl groups excluding tert-OH is 2. The third-order valence-electron chi connectivity index (χ3n) is 2.58. The lowest BCUT2D eigenvalue weighted by atomic mass is 9.95. The third kappa shape index (κ3) is 3.69. The molecular formula is C12H11F3N2O3. The maximum absolute atomic E-state index is 12.9. The zero-order valence-corrected chi connectivity index (χ0v) is 10.1. The number of nitriles is 1. The lowest BCUT2D eigenvalue weighted by molar-refractivity contribution is -0.140. The van der Waals surface area contributed by atoms with Crippen molar-refractivity contribution >= 4 is 5.91 Å². The standard InChI is InChI=1S/C12H11F3N2O3/c13-12(14,15)8-3-6(5-16)1-2-7(8)11(20)9(18)4-10(17)19/h1-3,9,11,18,20H,4H2,(H2,17,19). The summed E-state index contributed by atoms with van der Waals surface area (Å²) in [6.07, 6.45) is -9.19. The van der Waals surface area contributed by atoms with Crippen LogP contribution in [0.2, 0.25) is 0 Å². The number of hydrogen-bond acceptors (Lipinski definition) is 4. The van der Waals surface area contributed by atoms with Gasteiger partial charge in [-0.05, 0) is 17.7 Å². The van der Waals surface area contributed by atoms with Gasteiger partial charge in [0.2, 0.25) is 5.91 Å². The van der Waals surface area contributed by atoms with Crippen molar-refractivity contribution in [2.75, 3.05) is 0 Å². The van der Waals surface area contributed by atoms with Crippen molar-refractivity contribution in [3.8, 4) is 6.07 Å². The maximum atomic E-state index is 12.9. The lowest BCUT2D eigenvalue weighted by Gasteiger charge is -2.21. The topological polar surface area (TPSA) is 107 Å². The molecule has 5 nitrogen and oxygen atoms in total. The van der Waals surface area contributed by atoms with Crippen LogP contribution in [0.25, 0.3) is 0 Å². The van der Waals surface area contributed by atoms with Gasteiger partial charge in [-0.25, -0.2) is 0 Å². The maximum Gasteiger partial charge on any atom is 0.416 e. The Balaban J connectivity index is 3.24. The largest absolute Gasteiger partial charge is 0.416 e. The van der Waals surface area contributed by atoms with Crippen LogP contribution in [0.4, 0.5) is 13.2 Å². The molecule has 4 N–H and O–H groups in total. The molecule has 1 aromatic carbocycles. The van der Waals surface area contributed by atoms with Crippen LogP contribution < -0.4 is 5.73 Å². The second-order valence-electron chi connectivity index (χ2n) is 4.09. The highest BCUT2D eigenvalue weighted by Crippen LogP contribution is 2.36. The SMILES string of the molecule is N#Cc1ccc(C(O)C(O)CC(N)=O)c(C(F)(F)F)c1. The molecule has 0 aliphatic rings. The van der Waals surface area contributed by atoms with E-state index in [1.807, 2.05) is 0 Å². The van der Waals surface area contributed by atoms with Crippen LogP contribution in [0.1, 0.15) is 29.2 Å². The van der Waals surface area contributed by atoms with Gasteiger partial charge in [-0.2, -0.15) is 18.4 Å². The Kier molecular flexibility index (Phi) is 4.70. The zero-order chi connectivity index (χ0) is 15.5. The molecule has 0 aliphatic heterocycles. The summed E-state index contributed by atoms with van der Waals surface area (Å²) in [7, 11) is 0. The molecule has 0 bridgehead atoms. The van der Waals surface area contributed by atoms with Crippen LogP contribution >= 0.6 is 0 Å². The Morgan fingerprint density at radius 1 is 1.40 bits per heavy atom. The summed E-state index contributed by atoms with van der Waals surface area (Å²) in [5, 5.41) is 27.8. The molecular weight excluding hydrogens is 277 g/mol. The van der Waals surface area contributed by atoms with E-state index in [9.17, 15) is 28.2 Å². The quantitative estimate of drug-likeness (QED) is 0.763. The van der Waals surface area contributed by atoms with Crippen molar-refractivity contribution in [1.82, 2.24) is 0 Å². The van der Waals surface area contributed by atoms with E-state index in [0.717, 1.165) is 12.1 Å². The van der Waals surface area contributed by atoms with Crippen LogP contribution in [0.5, 0.6) is 0 Å². The Morgan fingerprint density at radius 3 is 2.45 bits per heavy atom. The number of carbonyl (C=O) groups excluding carboxylic acids is 1. The summed E-state index contributed by atoms with van der Waals surface area (Å²) in [5.41, 5.74) is 2.70. The number of nitrogens with zero attached hydrogens (tertiary/aromatic N) is 1. The Labute approximate surface area is 112 Å². The first kappa shape index (κ1) is 15.9. The van der Waals surface area contributed by atoms with Crippen LogP contribution in [0, 0.1) is 11.3 Å². The smallest absolute Gasteiger partial charge is 0.390 e. The fourth-order valence-electron chi connectivity index (χ4n) is 1.65. The number of amides is 1. The first-order chi connectivity index (χ1) is 9.16. The van der Waals surface area contributed by atoms with Crippen molar-refractivity contribution in [2.45, 2.75) is 24.8 Å². The first-order valence-corrected chi connectivity index (χ1v) is 5.42. The molecule has 1 amide bonds. The van der Waals surface area contributed by atoms with Crippen molar-refractivity contribution in [3.63, 3.8) is 0 Å². The van der Waals surface area contributed by atoms with Gasteiger partial charge >= 0.3 is 6.18 Å². The predicted octanol–water partition coefficient (Wildman–Crippen LogP) is 0.847. The molecule has 0 spiro atoms. The first-order valence-electron chi connectivity index (χ1n) is 5.42. The van der Waals surface area contributed by atoms with E-state index in [2.05, 4.69) is 0 Å². The van der Waals surface area contributed by atoms with Gasteiger partial charge in [0.05, 0.1) is 29.7 Å². The van der Waals surface area contributed by atoms with Gasteiger partial charge in [0, 0.05) is 0 Å². The Morgan fingerprint density at radius 2 is 2.00 bits per heavy atom. The van der Waals surface area contributed by atoms with Crippen LogP contribution in [0.15, 0.2) is 18.2 Å². The van der Waals surface area contributed by atoms with Crippen LogP contribution in [0.3, 0.4) is 0 Å². The number of alkyl halides is 3. The van der Waals surface area contributed by atoms with Gasteiger partial charge < -0.3 is 15.9 Å². The molecule has 0 saturated carbocycles. The Bertz CT molecular complexity index is 552. The van der Waals surface area contributed by atoms with E-state index in [1.165, 1.54) is 0 Å². The summed E-state index contributed by atoms with van der Waals surface area (Å²) < 4.78 is 38.6. The summed E-state index contributed by atoms with van der Waals surface area (Å²) >= 11 is 0. The highest BCUT2D eigenvalue weighted by molar-refractivity contribution is 5.74. The van der Waals surface area contributed by atoms with E-state index >= 15 is 0 Å². The number of aliphatic hydroxyl groups is 2. The van der Waals surface area contributed by atoms with E-state index < -0.39 is 41.8 Å². The highest BCUT2D eigenvalue weighted by Gasteiger charge is 2.37. The summed E-state index contributed by atoms with van der Waals surface area (Å²) in [6, 6.07) is 4.07.